The van der Waals surface area contributed by atoms with Crippen molar-refractivity contribution in [1.29, 1.82) is 0 Å². The molecule has 3 amide bonds. The average molecular weight is 453 g/mol. The first-order valence-corrected chi connectivity index (χ1v) is 10.6. The second-order valence-corrected chi connectivity index (χ2v) is 8.29. The largest absolute Gasteiger partial charge is 0.452 e. The topological polar surface area (TPSA) is 92.8 Å². The molecule has 0 aromatic heterocycles. The molecule has 164 valence electrons. The Morgan fingerprint density at radius 2 is 1.88 bits per heavy atom. The van der Waals surface area contributed by atoms with E-state index >= 15 is 0 Å². The lowest BCUT2D eigenvalue weighted by Gasteiger charge is -2.22. The molecule has 0 spiro atoms. The first-order valence-electron chi connectivity index (χ1n) is 10.2. The van der Waals surface area contributed by atoms with Gasteiger partial charge in [0.2, 0.25) is 11.8 Å². The molecule has 3 atom stereocenters. The van der Waals surface area contributed by atoms with E-state index in [0.717, 1.165) is 0 Å². The van der Waals surface area contributed by atoms with Crippen LogP contribution in [0.3, 0.4) is 0 Å². The Kier molecular flexibility index (Phi) is 6.10. The molecule has 1 fully saturated rings. The van der Waals surface area contributed by atoms with Gasteiger partial charge in [0.1, 0.15) is 0 Å². The number of allylic oxidation sites excluding steroid dienone is 2. The summed E-state index contributed by atoms with van der Waals surface area (Å²) >= 11 is 5.87. The fraction of sp³-hybridized carbons (Fsp3) is 0.250. The quantitative estimate of drug-likeness (QED) is 0.422. The molecule has 32 heavy (non-hydrogen) atoms. The Bertz CT molecular complexity index is 1110. The zero-order valence-corrected chi connectivity index (χ0v) is 18.0. The summed E-state index contributed by atoms with van der Waals surface area (Å²) in [5.74, 6) is -2.32. The van der Waals surface area contributed by atoms with Gasteiger partial charge in [-0.15, -0.1) is 0 Å². The van der Waals surface area contributed by atoms with E-state index in [1.165, 1.54) is 29.2 Å². The molecule has 8 heteroatoms. The first kappa shape index (κ1) is 21.8. The van der Waals surface area contributed by atoms with Gasteiger partial charge in [-0.25, -0.2) is 4.79 Å². The Labute approximate surface area is 190 Å². The van der Waals surface area contributed by atoms with Gasteiger partial charge < -0.3 is 10.1 Å². The second kappa shape index (κ2) is 8.96. The van der Waals surface area contributed by atoms with Crippen molar-refractivity contribution < 1.29 is 23.9 Å². The lowest BCUT2D eigenvalue weighted by Crippen LogP contribution is -2.31. The standard InChI is InChI=1S/C24H21ClN2O5/c1-14-4-2-7-19-21(14)23(30)27(22(19)29)18-10-8-15(9-11-18)24(31)32-13-20(28)26-17-6-3-5-16(25)12-17/h2-6,8-12,14,19,21H,7,13H2,1H3,(H,26,28)/t14-,19-,21+/m1/s1. The number of carbonyl (C=O) groups is 4. The van der Waals surface area contributed by atoms with E-state index < -0.39 is 18.5 Å². The molecule has 2 aromatic rings. The van der Waals surface area contributed by atoms with Gasteiger partial charge in [0.05, 0.1) is 23.1 Å². The number of esters is 1. The van der Waals surface area contributed by atoms with Crippen molar-refractivity contribution in [1.82, 2.24) is 0 Å². The van der Waals surface area contributed by atoms with Crippen LogP contribution in [-0.4, -0.2) is 30.3 Å². The van der Waals surface area contributed by atoms with E-state index in [2.05, 4.69) is 5.32 Å². The first-order chi connectivity index (χ1) is 15.3. The van der Waals surface area contributed by atoms with Crippen LogP contribution in [-0.2, 0) is 19.1 Å². The molecular weight excluding hydrogens is 432 g/mol. The summed E-state index contributed by atoms with van der Waals surface area (Å²) in [4.78, 5) is 51.1. The summed E-state index contributed by atoms with van der Waals surface area (Å²) < 4.78 is 5.05. The minimum atomic E-state index is -0.691. The van der Waals surface area contributed by atoms with E-state index in [9.17, 15) is 19.2 Å². The highest BCUT2D eigenvalue weighted by atomic mass is 35.5. The minimum absolute atomic E-state index is 0.00232. The van der Waals surface area contributed by atoms with Gasteiger partial charge in [0.15, 0.2) is 6.61 Å². The molecule has 1 N–H and O–H groups in total. The number of nitrogens with zero attached hydrogens (tertiary/aromatic N) is 1. The Morgan fingerprint density at radius 3 is 2.56 bits per heavy atom. The number of benzene rings is 2. The van der Waals surface area contributed by atoms with Crippen molar-refractivity contribution in [2.45, 2.75) is 13.3 Å². The molecule has 0 bridgehead atoms. The molecule has 1 aliphatic carbocycles. The number of amides is 3. The zero-order valence-electron chi connectivity index (χ0n) is 17.3. The highest BCUT2D eigenvalue weighted by molar-refractivity contribution is 6.30. The third-order valence-electron chi connectivity index (χ3n) is 5.68. The summed E-state index contributed by atoms with van der Waals surface area (Å²) in [6, 6.07) is 12.6. The van der Waals surface area contributed by atoms with Crippen LogP contribution >= 0.6 is 11.6 Å². The lowest BCUT2D eigenvalue weighted by molar-refractivity contribution is -0.123. The molecule has 1 aliphatic heterocycles. The summed E-state index contributed by atoms with van der Waals surface area (Å²) in [6.07, 6.45) is 4.47. The van der Waals surface area contributed by atoms with E-state index in [-0.39, 0.29) is 35.1 Å². The predicted octanol–water partition coefficient (Wildman–Crippen LogP) is 3.84. The van der Waals surface area contributed by atoms with Gasteiger partial charge in [-0.1, -0.05) is 36.7 Å². The maximum Gasteiger partial charge on any atom is 0.338 e. The Hall–Kier alpha value is -3.45. The third kappa shape index (κ3) is 4.29. The summed E-state index contributed by atoms with van der Waals surface area (Å²) in [5, 5.41) is 3.06. The number of fused-ring (bicyclic) bond motifs is 1. The molecule has 0 unspecified atom stereocenters. The predicted molar refractivity (Wildman–Crippen MR) is 119 cm³/mol. The molecule has 0 radical (unpaired) electrons. The van der Waals surface area contributed by atoms with Crippen molar-refractivity contribution in [3.8, 4) is 0 Å². The molecule has 7 nitrogen and oxygen atoms in total. The average Bonchev–Trinajstić information content (AvgIpc) is 3.03. The molecule has 0 saturated carbocycles. The number of imide groups is 1. The molecule has 1 saturated heterocycles. The highest BCUT2D eigenvalue weighted by Crippen LogP contribution is 2.40. The highest BCUT2D eigenvalue weighted by Gasteiger charge is 2.50. The monoisotopic (exact) mass is 452 g/mol. The zero-order chi connectivity index (χ0) is 22.8. The van der Waals surface area contributed by atoms with Crippen LogP contribution in [0.5, 0.6) is 0 Å². The normalized spacial score (nSPS) is 21.9. The number of nitrogens with one attached hydrogen (secondary N) is 1. The third-order valence-corrected chi connectivity index (χ3v) is 5.91. The molecule has 2 aliphatic rings. The Morgan fingerprint density at radius 1 is 1.12 bits per heavy atom. The Balaban J connectivity index is 1.37. The van der Waals surface area contributed by atoms with Crippen molar-refractivity contribution in [2.24, 2.45) is 17.8 Å². The number of hydrogen-bond acceptors (Lipinski definition) is 5. The van der Waals surface area contributed by atoms with E-state index in [0.29, 0.717) is 22.8 Å². The van der Waals surface area contributed by atoms with Crippen LogP contribution in [0.1, 0.15) is 23.7 Å². The van der Waals surface area contributed by atoms with Gasteiger partial charge >= 0.3 is 5.97 Å². The summed E-state index contributed by atoms with van der Waals surface area (Å²) in [6.45, 7) is 1.47. The number of hydrogen-bond donors (Lipinski definition) is 1. The smallest absolute Gasteiger partial charge is 0.338 e. The van der Waals surface area contributed by atoms with Gasteiger partial charge in [-0.3, -0.25) is 19.3 Å². The van der Waals surface area contributed by atoms with Gasteiger partial charge in [0.25, 0.3) is 5.91 Å². The lowest BCUT2D eigenvalue weighted by atomic mass is 9.78. The molecular formula is C24H21ClN2O5. The summed E-state index contributed by atoms with van der Waals surface area (Å²) in [5.41, 5.74) is 1.11. The van der Waals surface area contributed by atoms with Gasteiger partial charge in [-0.05, 0) is 54.8 Å². The van der Waals surface area contributed by atoms with Gasteiger partial charge in [0, 0.05) is 10.7 Å². The summed E-state index contributed by atoms with van der Waals surface area (Å²) in [7, 11) is 0. The molecule has 2 aromatic carbocycles. The minimum Gasteiger partial charge on any atom is -0.452 e. The molecule has 4 rings (SSSR count). The second-order valence-electron chi connectivity index (χ2n) is 7.85. The van der Waals surface area contributed by atoms with Crippen LogP contribution in [0.4, 0.5) is 11.4 Å². The number of anilines is 2. The fourth-order valence-electron chi connectivity index (χ4n) is 4.13. The van der Waals surface area contributed by atoms with E-state index in [4.69, 9.17) is 16.3 Å². The maximum atomic E-state index is 12.9. The van der Waals surface area contributed by atoms with Crippen LogP contribution in [0.15, 0.2) is 60.7 Å². The van der Waals surface area contributed by atoms with Crippen molar-refractivity contribution in [2.75, 3.05) is 16.8 Å². The van der Waals surface area contributed by atoms with E-state index in [1.807, 2.05) is 19.1 Å². The van der Waals surface area contributed by atoms with Crippen molar-refractivity contribution in [3.05, 3.63) is 71.3 Å². The van der Waals surface area contributed by atoms with Crippen LogP contribution in [0, 0.1) is 17.8 Å². The van der Waals surface area contributed by atoms with Crippen LogP contribution < -0.4 is 10.2 Å². The fourth-order valence-corrected chi connectivity index (χ4v) is 4.32. The SMILES string of the molecule is C[C@@H]1C=CC[C@H]2C(=O)N(c3ccc(C(=O)OCC(=O)Nc4cccc(Cl)c4)cc3)C(=O)[C@@H]12. The van der Waals surface area contributed by atoms with E-state index in [1.54, 1.807) is 24.3 Å². The number of rotatable bonds is 5. The number of halogens is 1. The van der Waals surface area contributed by atoms with Crippen molar-refractivity contribution >= 4 is 46.7 Å². The number of carbonyl (C=O) groups excluding carboxylic acids is 4. The molecule has 1 heterocycles. The number of ether oxygens (including phenoxy) is 1. The van der Waals surface area contributed by atoms with Gasteiger partial charge in [-0.2, -0.15) is 0 Å². The maximum absolute atomic E-state index is 12.9. The van der Waals surface area contributed by atoms with Crippen LogP contribution in [0.2, 0.25) is 5.02 Å². The van der Waals surface area contributed by atoms with Crippen molar-refractivity contribution in [3.63, 3.8) is 0 Å². The van der Waals surface area contributed by atoms with Crippen LogP contribution in [0.25, 0.3) is 0 Å².